The highest BCUT2D eigenvalue weighted by Gasteiger charge is 2.13. The highest BCUT2D eigenvalue weighted by molar-refractivity contribution is 6.17. The van der Waals surface area contributed by atoms with Gasteiger partial charge in [-0.05, 0) is 25.5 Å². The molecule has 2 aromatic rings. The van der Waals surface area contributed by atoms with Gasteiger partial charge in [0.25, 0.3) is 0 Å². The van der Waals surface area contributed by atoms with E-state index in [-0.39, 0.29) is 5.91 Å². The van der Waals surface area contributed by atoms with E-state index in [0.29, 0.717) is 19.0 Å². The minimum atomic E-state index is 0.0402. The van der Waals surface area contributed by atoms with Crippen LogP contribution in [-0.2, 0) is 4.79 Å². The molecule has 0 saturated carbocycles. The van der Waals surface area contributed by atoms with Crippen molar-refractivity contribution in [1.29, 1.82) is 0 Å². The van der Waals surface area contributed by atoms with Crippen LogP contribution in [0.15, 0.2) is 36.4 Å². The normalized spacial score (nSPS) is 10.6. The largest absolute Gasteiger partial charge is 0.493 e. The van der Waals surface area contributed by atoms with Crippen molar-refractivity contribution in [2.45, 2.75) is 20.3 Å². The SMILES string of the molecule is CCN(C(C)=O)c1cccc2c(OCCCCl)cccc12. The standard InChI is InChI=1S/C17H20ClNO2/c1-3-19(13(2)20)16-9-4-8-15-14(16)7-5-10-17(15)21-12-6-11-18/h4-5,7-10H,3,6,11-12H2,1-2H3. The van der Waals surface area contributed by atoms with Crippen LogP contribution in [0.1, 0.15) is 20.3 Å². The molecule has 0 radical (unpaired) electrons. The molecule has 0 fully saturated rings. The Balaban J connectivity index is 2.45. The maximum atomic E-state index is 11.8. The molecule has 0 N–H and O–H groups in total. The third kappa shape index (κ3) is 3.48. The Kier molecular flexibility index (Phi) is 5.45. The van der Waals surface area contributed by atoms with Crippen molar-refractivity contribution < 1.29 is 9.53 Å². The number of anilines is 1. The minimum absolute atomic E-state index is 0.0402. The number of carbonyl (C=O) groups is 1. The number of nitrogens with zero attached hydrogens (tertiary/aromatic N) is 1. The third-order valence-electron chi connectivity index (χ3n) is 3.38. The van der Waals surface area contributed by atoms with E-state index >= 15 is 0 Å². The summed E-state index contributed by atoms with van der Waals surface area (Å²) in [7, 11) is 0. The van der Waals surface area contributed by atoms with E-state index in [4.69, 9.17) is 16.3 Å². The summed E-state index contributed by atoms with van der Waals surface area (Å²) >= 11 is 5.68. The molecule has 112 valence electrons. The summed E-state index contributed by atoms with van der Waals surface area (Å²) in [6.07, 6.45) is 0.812. The fourth-order valence-corrected chi connectivity index (χ4v) is 2.53. The molecule has 0 heterocycles. The summed E-state index contributed by atoms with van der Waals surface area (Å²) in [4.78, 5) is 13.6. The first-order valence-electron chi connectivity index (χ1n) is 7.17. The van der Waals surface area contributed by atoms with Crippen molar-refractivity contribution in [2.75, 3.05) is 23.9 Å². The zero-order chi connectivity index (χ0) is 15.2. The number of alkyl halides is 1. The molecule has 0 aliphatic carbocycles. The van der Waals surface area contributed by atoms with Crippen LogP contribution in [0.4, 0.5) is 5.69 Å². The van der Waals surface area contributed by atoms with Gasteiger partial charge in [0.05, 0.1) is 12.3 Å². The number of fused-ring (bicyclic) bond motifs is 1. The van der Waals surface area contributed by atoms with Crippen LogP contribution >= 0.6 is 11.6 Å². The smallest absolute Gasteiger partial charge is 0.223 e. The van der Waals surface area contributed by atoms with Gasteiger partial charge in [-0.15, -0.1) is 11.6 Å². The summed E-state index contributed by atoms with van der Waals surface area (Å²) in [5.74, 6) is 1.46. The van der Waals surface area contributed by atoms with Gasteiger partial charge in [-0.25, -0.2) is 0 Å². The first kappa shape index (κ1) is 15.6. The summed E-state index contributed by atoms with van der Waals surface area (Å²) in [5.41, 5.74) is 0.922. The summed E-state index contributed by atoms with van der Waals surface area (Å²) in [5, 5.41) is 2.04. The zero-order valence-corrected chi connectivity index (χ0v) is 13.2. The van der Waals surface area contributed by atoms with E-state index < -0.39 is 0 Å². The summed E-state index contributed by atoms with van der Waals surface area (Å²) in [6.45, 7) is 4.80. The van der Waals surface area contributed by atoms with E-state index in [9.17, 15) is 4.79 Å². The fourth-order valence-electron chi connectivity index (χ4n) is 2.43. The number of hydrogen-bond donors (Lipinski definition) is 0. The lowest BCUT2D eigenvalue weighted by Crippen LogP contribution is -2.28. The average Bonchev–Trinajstić information content (AvgIpc) is 2.48. The zero-order valence-electron chi connectivity index (χ0n) is 12.4. The maximum Gasteiger partial charge on any atom is 0.223 e. The number of carbonyl (C=O) groups excluding carboxylic acids is 1. The van der Waals surface area contributed by atoms with Gasteiger partial charge in [0.15, 0.2) is 0 Å². The Bertz CT molecular complexity index is 627. The molecule has 0 unspecified atom stereocenters. The van der Waals surface area contributed by atoms with Crippen LogP contribution in [0.5, 0.6) is 5.75 Å². The van der Waals surface area contributed by atoms with Crippen LogP contribution < -0.4 is 9.64 Å². The van der Waals surface area contributed by atoms with Gasteiger partial charge in [-0.1, -0.05) is 24.3 Å². The molecule has 0 saturated heterocycles. The van der Waals surface area contributed by atoms with Gasteiger partial charge in [0, 0.05) is 30.1 Å². The molecular weight excluding hydrogens is 286 g/mol. The molecule has 0 aliphatic heterocycles. The number of rotatable bonds is 6. The van der Waals surface area contributed by atoms with Gasteiger partial charge < -0.3 is 9.64 Å². The Morgan fingerprint density at radius 2 is 1.90 bits per heavy atom. The van der Waals surface area contributed by atoms with Crippen molar-refractivity contribution in [3.63, 3.8) is 0 Å². The second-order valence-electron chi connectivity index (χ2n) is 4.78. The highest BCUT2D eigenvalue weighted by Crippen LogP contribution is 2.33. The number of halogens is 1. The number of hydrogen-bond acceptors (Lipinski definition) is 2. The Hall–Kier alpha value is -1.74. The molecule has 2 rings (SSSR count). The van der Waals surface area contributed by atoms with Gasteiger partial charge in [-0.3, -0.25) is 4.79 Å². The Morgan fingerprint density at radius 1 is 1.19 bits per heavy atom. The monoisotopic (exact) mass is 305 g/mol. The van der Waals surface area contributed by atoms with Gasteiger partial charge in [0.2, 0.25) is 5.91 Å². The van der Waals surface area contributed by atoms with E-state index in [0.717, 1.165) is 28.6 Å². The number of amides is 1. The van der Waals surface area contributed by atoms with Crippen LogP contribution in [-0.4, -0.2) is 24.9 Å². The Morgan fingerprint density at radius 3 is 2.57 bits per heavy atom. The Labute approximate surface area is 130 Å². The van der Waals surface area contributed by atoms with Crippen LogP contribution in [0.3, 0.4) is 0 Å². The fraction of sp³-hybridized carbons (Fsp3) is 0.353. The predicted octanol–water partition coefficient (Wildman–Crippen LogP) is 4.22. The minimum Gasteiger partial charge on any atom is -0.493 e. The van der Waals surface area contributed by atoms with Crippen molar-refractivity contribution in [2.24, 2.45) is 0 Å². The van der Waals surface area contributed by atoms with Crippen LogP contribution in [0, 0.1) is 0 Å². The first-order valence-corrected chi connectivity index (χ1v) is 7.71. The van der Waals surface area contributed by atoms with Gasteiger partial charge in [0.1, 0.15) is 5.75 Å². The molecule has 4 heteroatoms. The molecule has 3 nitrogen and oxygen atoms in total. The van der Waals surface area contributed by atoms with Crippen molar-refractivity contribution in [3.05, 3.63) is 36.4 Å². The van der Waals surface area contributed by atoms with Crippen molar-refractivity contribution in [1.82, 2.24) is 0 Å². The van der Waals surface area contributed by atoms with Crippen LogP contribution in [0.25, 0.3) is 10.8 Å². The van der Waals surface area contributed by atoms with E-state index in [1.54, 1.807) is 11.8 Å². The molecule has 21 heavy (non-hydrogen) atoms. The molecule has 1 amide bonds. The van der Waals surface area contributed by atoms with Crippen molar-refractivity contribution >= 4 is 34.0 Å². The second-order valence-corrected chi connectivity index (χ2v) is 5.16. The lowest BCUT2D eigenvalue weighted by Gasteiger charge is -2.21. The van der Waals surface area contributed by atoms with Crippen LogP contribution in [0.2, 0.25) is 0 Å². The molecule has 0 aromatic heterocycles. The maximum absolute atomic E-state index is 11.8. The lowest BCUT2D eigenvalue weighted by atomic mass is 10.1. The second kappa shape index (κ2) is 7.32. The topological polar surface area (TPSA) is 29.5 Å². The summed E-state index contributed by atoms with van der Waals surface area (Å²) in [6, 6.07) is 11.9. The van der Waals surface area contributed by atoms with E-state index in [1.807, 2.05) is 43.3 Å². The lowest BCUT2D eigenvalue weighted by molar-refractivity contribution is -0.116. The molecule has 0 aliphatic rings. The molecule has 0 spiro atoms. The van der Waals surface area contributed by atoms with Gasteiger partial charge in [-0.2, -0.15) is 0 Å². The van der Waals surface area contributed by atoms with Crippen molar-refractivity contribution in [3.8, 4) is 5.75 Å². The van der Waals surface area contributed by atoms with Gasteiger partial charge >= 0.3 is 0 Å². The van der Waals surface area contributed by atoms with E-state index in [2.05, 4.69) is 0 Å². The number of benzene rings is 2. The quantitative estimate of drug-likeness (QED) is 0.591. The molecule has 0 bridgehead atoms. The first-order chi connectivity index (χ1) is 10.2. The average molecular weight is 306 g/mol. The summed E-state index contributed by atoms with van der Waals surface area (Å²) < 4.78 is 5.80. The number of ether oxygens (including phenoxy) is 1. The predicted molar refractivity (Wildman–Crippen MR) is 88.5 cm³/mol. The molecule has 0 atom stereocenters. The van der Waals surface area contributed by atoms with E-state index in [1.165, 1.54) is 0 Å². The third-order valence-corrected chi connectivity index (χ3v) is 3.65. The highest BCUT2D eigenvalue weighted by atomic mass is 35.5. The molecular formula is C17H20ClNO2. The molecule has 2 aromatic carbocycles.